The molecule has 0 aliphatic heterocycles. The van der Waals surface area contributed by atoms with Gasteiger partial charge in [0.1, 0.15) is 0 Å². The fourth-order valence-electron chi connectivity index (χ4n) is 3.32. The lowest BCUT2D eigenvalue weighted by atomic mass is 9.92. The summed E-state index contributed by atoms with van der Waals surface area (Å²) in [6.07, 6.45) is 3.68. The lowest BCUT2D eigenvalue weighted by Gasteiger charge is -2.21. The quantitative estimate of drug-likeness (QED) is 0.443. The topological polar surface area (TPSA) is 53.7 Å². The Hall–Kier alpha value is -2.88. The fraction of sp³-hybridized carbons (Fsp3) is 0.304. The number of aromatic nitrogens is 2. The molecule has 2 aromatic carbocycles. The van der Waals surface area contributed by atoms with E-state index in [1.807, 2.05) is 29.0 Å². The molecular formula is C23H28N4. The van der Waals surface area contributed by atoms with Crippen molar-refractivity contribution in [3.8, 4) is 0 Å². The van der Waals surface area contributed by atoms with E-state index in [0.717, 1.165) is 5.69 Å². The first-order valence-electron chi connectivity index (χ1n) is 9.51. The molecule has 0 fully saturated rings. The third-order valence-electron chi connectivity index (χ3n) is 4.76. The fourth-order valence-corrected chi connectivity index (χ4v) is 3.32. The summed E-state index contributed by atoms with van der Waals surface area (Å²) in [5.74, 6) is 1.73. The van der Waals surface area contributed by atoms with Gasteiger partial charge in [0.15, 0.2) is 11.7 Å². The van der Waals surface area contributed by atoms with Crippen LogP contribution >= 0.6 is 0 Å². The number of amidine groups is 1. The molecule has 0 unspecified atom stereocenters. The van der Waals surface area contributed by atoms with Gasteiger partial charge in [0.2, 0.25) is 0 Å². The number of hydrogen-bond acceptors (Lipinski definition) is 2. The summed E-state index contributed by atoms with van der Waals surface area (Å²) in [4.78, 5) is 4.43. The third kappa shape index (κ3) is 4.27. The predicted octanol–water partition coefficient (Wildman–Crippen LogP) is 5.62. The minimum atomic E-state index is 0.325. The molecule has 0 spiro atoms. The number of benzene rings is 2. The number of imidazole rings is 1. The molecule has 27 heavy (non-hydrogen) atoms. The van der Waals surface area contributed by atoms with E-state index < -0.39 is 0 Å². The summed E-state index contributed by atoms with van der Waals surface area (Å²) in [6.45, 7) is 9.44. The Morgan fingerprint density at radius 3 is 2.19 bits per heavy atom. The molecule has 0 amide bonds. The molecule has 1 heterocycles. The van der Waals surface area contributed by atoms with Crippen molar-refractivity contribution in [1.29, 1.82) is 5.41 Å². The lowest BCUT2D eigenvalue weighted by Crippen LogP contribution is -2.20. The number of nitrogens with zero attached hydrogens (tertiary/aromatic N) is 2. The highest BCUT2D eigenvalue weighted by molar-refractivity contribution is 6.04. The molecule has 0 aliphatic carbocycles. The van der Waals surface area contributed by atoms with E-state index >= 15 is 0 Å². The average molecular weight is 361 g/mol. The predicted molar refractivity (Wildman–Crippen MR) is 113 cm³/mol. The smallest absolute Gasteiger partial charge is 0.175 e. The number of rotatable bonds is 6. The molecule has 0 aliphatic rings. The zero-order valence-electron chi connectivity index (χ0n) is 16.5. The maximum absolute atomic E-state index is 8.67. The Bertz CT molecular complexity index is 881. The maximum atomic E-state index is 8.67. The van der Waals surface area contributed by atoms with Crippen LogP contribution in [-0.4, -0.2) is 15.4 Å². The van der Waals surface area contributed by atoms with Gasteiger partial charge in [-0.25, -0.2) is 4.98 Å². The van der Waals surface area contributed by atoms with Crippen LogP contribution in [0.25, 0.3) is 0 Å². The second-order valence-corrected chi connectivity index (χ2v) is 7.49. The second-order valence-electron chi connectivity index (χ2n) is 7.49. The number of anilines is 1. The molecule has 0 saturated carbocycles. The van der Waals surface area contributed by atoms with Gasteiger partial charge in [-0.2, -0.15) is 0 Å². The van der Waals surface area contributed by atoms with Gasteiger partial charge in [-0.15, -0.1) is 0 Å². The normalized spacial score (nSPS) is 11.2. The van der Waals surface area contributed by atoms with Crippen LogP contribution in [0.4, 0.5) is 5.69 Å². The van der Waals surface area contributed by atoms with Crippen molar-refractivity contribution in [3.63, 3.8) is 0 Å². The first-order valence-corrected chi connectivity index (χ1v) is 9.51. The SMILES string of the molecule is CC(C)c1cccc(C(C)C)c1NC(=N)c1nccn1Cc1ccccc1. The molecule has 0 atom stereocenters. The van der Waals surface area contributed by atoms with Crippen molar-refractivity contribution in [1.82, 2.24) is 9.55 Å². The van der Waals surface area contributed by atoms with Crippen LogP contribution in [0, 0.1) is 5.41 Å². The van der Waals surface area contributed by atoms with Crippen molar-refractivity contribution >= 4 is 11.5 Å². The standard InChI is InChI=1S/C23H28N4/c1-16(2)19-11-8-12-20(17(3)4)21(19)26-22(24)23-25-13-14-27(23)15-18-9-6-5-7-10-18/h5-14,16-17H,15H2,1-4H3,(H2,24,26). The molecule has 0 radical (unpaired) electrons. The zero-order valence-corrected chi connectivity index (χ0v) is 16.5. The molecule has 0 saturated heterocycles. The Balaban J connectivity index is 1.90. The summed E-state index contributed by atoms with van der Waals surface area (Å²) in [6, 6.07) is 16.6. The van der Waals surface area contributed by atoms with E-state index in [0.29, 0.717) is 30.0 Å². The Morgan fingerprint density at radius 1 is 0.963 bits per heavy atom. The highest BCUT2D eigenvalue weighted by Gasteiger charge is 2.17. The Labute approximate surface area is 161 Å². The first kappa shape index (κ1) is 18.9. The molecule has 4 heteroatoms. The Kier molecular flexibility index (Phi) is 5.75. The summed E-state index contributed by atoms with van der Waals surface area (Å²) < 4.78 is 2.01. The second kappa shape index (κ2) is 8.21. The average Bonchev–Trinajstić information content (AvgIpc) is 3.10. The van der Waals surface area contributed by atoms with Crippen LogP contribution < -0.4 is 5.32 Å². The van der Waals surface area contributed by atoms with Gasteiger partial charge in [-0.05, 0) is 28.5 Å². The molecule has 3 aromatic rings. The van der Waals surface area contributed by atoms with Gasteiger partial charge in [0.05, 0.1) is 0 Å². The lowest BCUT2D eigenvalue weighted by molar-refractivity contribution is 0.785. The largest absolute Gasteiger partial charge is 0.337 e. The summed E-state index contributed by atoms with van der Waals surface area (Å²) in [5.41, 5.74) is 4.69. The molecule has 140 valence electrons. The summed E-state index contributed by atoms with van der Waals surface area (Å²) >= 11 is 0. The van der Waals surface area contributed by atoms with Crippen molar-refractivity contribution in [3.05, 3.63) is 83.4 Å². The highest BCUT2D eigenvalue weighted by Crippen LogP contribution is 2.32. The minimum Gasteiger partial charge on any atom is -0.337 e. The van der Waals surface area contributed by atoms with E-state index in [1.54, 1.807) is 6.20 Å². The summed E-state index contributed by atoms with van der Waals surface area (Å²) in [5, 5.41) is 12.0. The van der Waals surface area contributed by atoms with Crippen LogP contribution in [0.1, 0.15) is 62.0 Å². The number of nitrogens with one attached hydrogen (secondary N) is 2. The van der Waals surface area contributed by atoms with Gasteiger partial charge < -0.3 is 9.88 Å². The van der Waals surface area contributed by atoms with E-state index in [9.17, 15) is 0 Å². The van der Waals surface area contributed by atoms with Crippen LogP contribution in [-0.2, 0) is 6.54 Å². The van der Waals surface area contributed by atoms with E-state index in [1.165, 1.54) is 16.7 Å². The van der Waals surface area contributed by atoms with Crippen molar-refractivity contribution in [2.45, 2.75) is 46.1 Å². The number of hydrogen-bond donors (Lipinski definition) is 2. The molecule has 1 aromatic heterocycles. The molecule has 2 N–H and O–H groups in total. The molecule has 4 nitrogen and oxygen atoms in total. The van der Waals surface area contributed by atoms with Gasteiger partial charge >= 0.3 is 0 Å². The van der Waals surface area contributed by atoms with Crippen molar-refractivity contribution in [2.75, 3.05) is 5.32 Å². The van der Waals surface area contributed by atoms with E-state index in [2.05, 4.69) is 68.3 Å². The molecule has 0 bridgehead atoms. The van der Waals surface area contributed by atoms with Gasteiger partial charge in [-0.1, -0.05) is 76.2 Å². The van der Waals surface area contributed by atoms with Crippen LogP contribution in [0.3, 0.4) is 0 Å². The molecular weight excluding hydrogens is 332 g/mol. The van der Waals surface area contributed by atoms with Crippen LogP contribution in [0.15, 0.2) is 60.9 Å². The van der Waals surface area contributed by atoms with Crippen LogP contribution in [0.2, 0.25) is 0 Å². The monoisotopic (exact) mass is 360 g/mol. The van der Waals surface area contributed by atoms with Gasteiger partial charge in [0.25, 0.3) is 0 Å². The maximum Gasteiger partial charge on any atom is 0.175 e. The summed E-state index contributed by atoms with van der Waals surface area (Å²) in [7, 11) is 0. The van der Waals surface area contributed by atoms with E-state index in [4.69, 9.17) is 5.41 Å². The Morgan fingerprint density at radius 2 is 1.59 bits per heavy atom. The highest BCUT2D eigenvalue weighted by atomic mass is 15.1. The van der Waals surface area contributed by atoms with Gasteiger partial charge in [-0.3, -0.25) is 5.41 Å². The minimum absolute atomic E-state index is 0.325. The van der Waals surface area contributed by atoms with Crippen molar-refractivity contribution < 1.29 is 0 Å². The number of para-hydroxylation sites is 1. The van der Waals surface area contributed by atoms with Gasteiger partial charge in [0, 0.05) is 24.6 Å². The van der Waals surface area contributed by atoms with Crippen molar-refractivity contribution in [2.24, 2.45) is 0 Å². The first-order chi connectivity index (χ1) is 13.0. The van der Waals surface area contributed by atoms with Crippen LogP contribution in [0.5, 0.6) is 0 Å². The third-order valence-corrected chi connectivity index (χ3v) is 4.76. The molecule has 3 rings (SSSR count). The zero-order chi connectivity index (χ0) is 19.4. The van der Waals surface area contributed by atoms with E-state index in [-0.39, 0.29) is 0 Å².